The van der Waals surface area contributed by atoms with Gasteiger partial charge >= 0.3 is 5.97 Å². The van der Waals surface area contributed by atoms with E-state index in [0.717, 1.165) is 53.6 Å². The highest BCUT2D eigenvalue weighted by atomic mass is 32.2. The molecule has 2 amide bonds. The number of anilines is 1. The maximum absolute atomic E-state index is 14.4. The SMILES string of the molecule is CCOC(=O)C1CSC2(C(=O)N(Cc3ccc(C)cc3)c3ccc(C)cc32)N1C(=O)C1CCCC1. The summed E-state index contributed by atoms with van der Waals surface area (Å²) in [7, 11) is 0. The van der Waals surface area contributed by atoms with E-state index in [9.17, 15) is 14.4 Å². The van der Waals surface area contributed by atoms with Crippen molar-refractivity contribution in [3.8, 4) is 0 Å². The van der Waals surface area contributed by atoms with Gasteiger partial charge in [0.25, 0.3) is 5.91 Å². The molecule has 2 heterocycles. The molecule has 2 aromatic carbocycles. The normalized spacial score (nSPS) is 23.9. The zero-order valence-corrected chi connectivity index (χ0v) is 21.4. The van der Waals surface area contributed by atoms with Crippen molar-refractivity contribution in [3.05, 3.63) is 64.7 Å². The molecule has 2 unspecified atom stereocenters. The Balaban J connectivity index is 1.62. The van der Waals surface area contributed by atoms with E-state index in [0.29, 0.717) is 12.3 Å². The number of hydrogen-bond acceptors (Lipinski definition) is 5. The smallest absolute Gasteiger partial charge is 0.329 e. The van der Waals surface area contributed by atoms with E-state index in [1.807, 2.05) is 56.3 Å². The predicted octanol–water partition coefficient (Wildman–Crippen LogP) is 4.70. The predicted molar refractivity (Wildman–Crippen MR) is 137 cm³/mol. The van der Waals surface area contributed by atoms with Gasteiger partial charge in [0, 0.05) is 17.2 Å². The van der Waals surface area contributed by atoms with E-state index in [1.54, 1.807) is 16.7 Å². The van der Waals surface area contributed by atoms with Crippen LogP contribution >= 0.6 is 11.8 Å². The Kier molecular flexibility index (Phi) is 6.38. The minimum absolute atomic E-state index is 0.0939. The topological polar surface area (TPSA) is 66.9 Å². The van der Waals surface area contributed by atoms with E-state index in [1.165, 1.54) is 11.8 Å². The fraction of sp³-hybridized carbons (Fsp3) is 0.464. The first kappa shape index (κ1) is 23.9. The Hall–Kier alpha value is -2.80. The molecular formula is C28H32N2O4S. The van der Waals surface area contributed by atoms with Crippen LogP contribution in [-0.4, -0.2) is 41.1 Å². The Morgan fingerprint density at radius 1 is 1.06 bits per heavy atom. The van der Waals surface area contributed by atoms with Gasteiger partial charge in [0.1, 0.15) is 6.04 Å². The zero-order valence-electron chi connectivity index (χ0n) is 20.6. The van der Waals surface area contributed by atoms with Gasteiger partial charge in [-0.05, 0) is 45.2 Å². The van der Waals surface area contributed by atoms with Gasteiger partial charge in [-0.25, -0.2) is 4.79 Å². The number of aryl methyl sites for hydroxylation is 2. The third-order valence-corrected chi connectivity index (χ3v) is 8.90. The number of thioether (sulfide) groups is 1. The highest BCUT2D eigenvalue weighted by Gasteiger charge is 2.64. The molecular weight excluding hydrogens is 460 g/mol. The average molecular weight is 493 g/mol. The van der Waals surface area contributed by atoms with Crippen molar-refractivity contribution < 1.29 is 19.1 Å². The van der Waals surface area contributed by atoms with Gasteiger partial charge < -0.3 is 14.5 Å². The summed E-state index contributed by atoms with van der Waals surface area (Å²) in [5.74, 6) is -0.489. The first-order valence-corrected chi connectivity index (χ1v) is 13.5. The van der Waals surface area contributed by atoms with E-state index in [4.69, 9.17) is 4.74 Å². The maximum Gasteiger partial charge on any atom is 0.329 e. The van der Waals surface area contributed by atoms with Crippen molar-refractivity contribution in [1.82, 2.24) is 4.90 Å². The summed E-state index contributed by atoms with van der Waals surface area (Å²) >= 11 is 1.40. The molecule has 184 valence electrons. The molecule has 6 nitrogen and oxygen atoms in total. The van der Waals surface area contributed by atoms with E-state index < -0.39 is 16.9 Å². The molecule has 2 atom stereocenters. The Bertz CT molecular complexity index is 1160. The molecule has 2 fully saturated rings. The van der Waals surface area contributed by atoms with Crippen LogP contribution in [0, 0.1) is 19.8 Å². The molecule has 0 bridgehead atoms. The van der Waals surface area contributed by atoms with Gasteiger partial charge in [0.05, 0.1) is 18.8 Å². The standard InChI is InChI=1S/C28H32N2O4S/c1-4-34-26(32)24-17-35-28(30(24)25(31)21-7-5-6-8-21)22-15-19(3)11-14-23(22)29(27(28)33)16-20-12-9-18(2)10-13-20/h9-15,21,24H,4-8,16-17H2,1-3H3. The molecule has 2 aliphatic heterocycles. The lowest BCUT2D eigenvalue weighted by atomic mass is 9.98. The van der Waals surface area contributed by atoms with E-state index in [2.05, 4.69) is 0 Å². The minimum Gasteiger partial charge on any atom is -0.464 e. The second-order valence-electron chi connectivity index (χ2n) is 9.81. The van der Waals surface area contributed by atoms with Crippen LogP contribution in [0.4, 0.5) is 5.69 Å². The third kappa shape index (κ3) is 3.94. The molecule has 5 rings (SSSR count). The van der Waals surface area contributed by atoms with Crippen LogP contribution in [0.5, 0.6) is 0 Å². The molecule has 1 saturated heterocycles. The Labute approximate surface area is 211 Å². The van der Waals surface area contributed by atoms with Gasteiger partial charge in [-0.1, -0.05) is 60.4 Å². The lowest BCUT2D eigenvalue weighted by Crippen LogP contribution is -2.56. The van der Waals surface area contributed by atoms with Crippen LogP contribution in [0.2, 0.25) is 0 Å². The fourth-order valence-electron chi connectivity index (χ4n) is 5.62. The molecule has 3 aliphatic rings. The molecule has 0 radical (unpaired) electrons. The van der Waals surface area contributed by atoms with Crippen LogP contribution in [0.1, 0.15) is 54.9 Å². The highest BCUT2D eigenvalue weighted by Crippen LogP contribution is 2.57. The summed E-state index contributed by atoms with van der Waals surface area (Å²) in [4.78, 5) is 43.6. The van der Waals surface area contributed by atoms with Crippen molar-refractivity contribution in [2.75, 3.05) is 17.3 Å². The Morgan fingerprint density at radius 3 is 2.43 bits per heavy atom. The minimum atomic E-state index is -1.25. The van der Waals surface area contributed by atoms with Gasteiger partial charge in [-0.3, -0.25) is 9.59 Å². The molecule has 2 aromatic rings. The van der Waals surface area contributed by atoms with Crippen molar-refractivity contribution >= 4 is 35.2 Å². The second-order valence-corrected chi connectivity index (χ2v) is 11.0. The van der Waals surface area contributed by atoms with Gasteiger partial charge in [0.15, 0.2) is 4.87 Å². The van der Waals surface area contributed by atoms with Crippen molar-refractivity contribution in [1.29, 1.82) is 0 Å². The number of carbonyl (C=O) groups is 3. The number of nitrogens with zero attached hydrogens (tertiary/aromatic N) is 2. The first-order chi connectivity index (χ1) is 16.9. The summed E-state index contributed by atoms with van der Waals surface area (Å²) < 4.78 is 5.38. The molecule has 1 saturated carbocycles. The summed E-state index contributed by atoms with van der Waals surface area (Å²) in [5.41, 5.74) is 4.80. The molecule has 1 aliphatic carbocycles. The Morgan fingerprint density at radius 2 is 1.74 bits per heavy atom. The molecule has 0 N–H and O–H groups in total. The summed E-state index contributed by atoms with van der Waals surface area (Å²) in [6.07, 6.45) is 3.59. The number of hydrogen-bond donors (Lipinski definition) is 0. The monoisotopic (exact) mass is 492 g/mol. The number of ether oxygens (including phenoxy) is 1. The summed E-state index contributed by atoms with van der Waals surface area (Å²) in [6, 6.07) is 13.4. The van der Waals surface area contributed by atoms with Crippen molar-refractivity contribution in [2.24, 2.45) is 5.92 Å². The number of amides is 2. The second kappa shape index (κ2) is 9.34. The molecule has 35 heavy (non-hydrogen) atoms. The number of carbonyl (C=O) groups excluding carboxylic acids is 3. The number of fused-ring (bicyclic) bond motifs is 2. The fourth-order valence-corrected chi connectivity index (χ4v) is 7.22. The van der Waals surface area contributed by atoms with Crippen LogP contribution < -0.4 is 4.90 Å². The summed E-state index contributed by atoms with van der Waals surface area (Å²) in [6.45, 7) is 6.44. The van der Waals surface area contributed by atoms with E-state index >= 15 is 0 Å². The average Bonchev–Trinajstić information content (AvgIpc) is 3.56. The molecule has 0 aromatic heterocycles. The zero-order chi connectivity index (χ0) is 24.7. The van der Waals surface area contributed by atoms with Crippen LogP contribution in [0.15, 0.2) is 42.5 Å². The van der Waals surface area contributed by atoms with Crippen molar-refractivity contribution in [3.63, 3.8) is 0 Å². The highest BCUT2D eigenvalue weighted by molar-refractivity contribution is 8.01. The van der Waals surface area contributed by atoms with Gasteiger partial charge in [-0.15, -0.1) is 11.8 Å². The number of rotatable bonds is 5. The summed E-state index contributed by atoms with van der Waals surface area (Å²) in [5, 5.41) is 0. The third-order valence-electron chi connectivity index (χ3n) is 7.41. The van der Waals surface area contributed by atoms with Gasteiger partial charge in [0.2, 0.25) is 5.91 Å². The van der Waals surface area contributed by atoms with Crippen LogP contribution in [-0.2, 0) is 30.5 Å². The maximum atomic E-state index is 14.4. The van der Waals surface area contributed by atoms with Gasteiger partial charge in [-0.2, -0.15) is 0 Å². The molecule has 1 spiro atoms. The number of esters is 1. The van der Waals surface area contributed by atoms with Crippen LogP contribution in [0.25, 0.3) is 0 Å². The lowest BCUT2D eigenvalue weighted by Gasteiger charge is -2.37. The van der Waals surface area contributed by atoms with E-state index in [-0.39, 0.29) is 24.3 Å². The lowest BCUT2D eigenvalue weighted by molar-refractivity contribution is -0.159. The van der Waals surface area contributed by atoms with Crippen molar-refractivity contribution in [2.45, 2.75) is 63.9 Å². The van der Waals surface area contributed by atoms with Crippen LogP contribution in [0.3, 0.4) is 0 Å². The molecule has 7 heteroatoms. The first-order valence-electron chi connectivity index (χ1n) is 12.5. The number of benzene rings is 2. The quantitative estimate of drug-likeness (QED) is 0.566. The largest absolute Gasteiger partial charge is 0.464 e.